The van der Waals surface area contributed by atoms with Gasteiger partial charge in [0, 0.05) is 22.6 Å². The van der Waals surface area contributed by atoms with Gasteiger partial charge in [0.2, 0.25) is 0 Å². The highest BCUT2D eigenvalue weighted by Crippen LogP contribution is 2.39. The fraction of sp³-hybridized carbons (Fsp3) is 0.179. The van der Waals surface area contributed by atoms with Crippen LogP contribution < -0.4 is 10.5 Å². The smallest absolute Gasteiger partial charge is 0.416 e. The Balaban J connectivity index is 1.88. The number of nitrogens with zero attached hydrogens (tertiary/aromatic N) is 1. The van der Waals surface area contributed by atoms with Gasteiger partial charge in [-0.05, 0) is 67.4 Å². The lowest BCUT2D eigenvalue weighted by Crippen LogP contribution is -2.10. The van der Waals surface area contributed by atoms with Crippen molar-refractivity contribution in [2.45, 2.75) is 26.6 Å². The first-order valence-corrected chi connectivity index (χ1v) is 11.2. The molecule has 0 saturated heterocycles. The highest BCUT2D eigenvalue weighted by molar-refractivity contribution is 5.93. The molecule has 4 aromatic rings. The molecule has 0 unspecified atom stereocenters. The Bertz CT molecular complexity index is 1410. The van der Waals surface area contributed by atoms with Crippen LogP contribution in [0.5, 0.6) is 5.75 Å². The van der Waals surface area contributed by atoms with Crippen LogP contribution in [0.1, 0.15) is 32.7 Å². The number of halogens is 3. The SMILES string of the molecule is COC(=O)c1cc(-n2c(C)ccc2-c2cc(C(F)(F)F)ccc2OCc2ccccc2)cc(N)c1C. The van der Waals surface area contributed by atoms with Crippen molar-refractivity contribution in [2.75, 3.05) is 12.8 Å². The van der Waals surface area contributed by atoms with E-state index in [4.69, 9.17) is 15.2 Å². The minimum absolute atomic E-state index is 0.183. The van der Waals surface area contributed by atoms with E-state index in [1.54, 1.807) is 35.8 Å². The zero-order chi connectivity index (χ0) is 26.0. The lowest BCUT2D eigenvalue weighted by atomic mass is 10.0. The molecular weight excluding hydrogens is 469 g/mol. The number of aryl methyl sites for hydroxylation is 1. The average Bonchev–Trinajstić information content (AvgIpc) is 3.24. The van der Waals surface area contributed by atoms with Crippen molar-refractivity contribution in [3.05, 3.63) is 101 Å². The Morgan fingerprint density at radius 3 is 2.36 bits per heavy atom. The maximum absolute atomic E-state index is 13.7. The van der Waals surface area contributed by atoms with Crippen LogP contribution in [0.3, 0.4) is 0 Å². The van der Waals surface area contributed by atoms with Gasteiger partial charge in [0.1, 0.15) is 12.4 Å². The fourth-order valence-corrected chi connectivity index (χ4v) is 4.03. The summed E-state index contributed by atoms with van der Waals surface area (Å²) in [4.78, 5) is 12.3. The molecule has 36 heavy (non-hydrogen) atoms. The van der Waals surface area contributed by atoms with Crippen molar-refractivity contribution in [1.29, 1.82) is 0 Å². The molecule has 186 valence electrons. The van der Waals surface area contributed by atoms with E-state index >= 15 is 0 Å². The molecule has 5 nitrogen and oxygen atoms in total. The highest BCUT2D eigenvalue weighted by atomic mass is 19.4. The molecule has 0 aliphatic heterocycles. The van der Waals surface area contributed by atoms with E-state index in [0.717, 1.165) is 23.4 Å². The predicted molar refractivity (Wildman–Crippen MR) is 132 cm³/mol. The second kappa shape index (κ2) is 9.81. The van der Waals surface area contributed by atoms with Gasteiger partial charge in [-0.2, -0.15) is 13.2 Å². The molecule has 0 atom stereocenters. The van der Waals surface area contributed by atoms with Crippen LogP contribution >= 0.6 is 0 Å². The molecule has 0 amide bonds. The third-order valence-electron chi connectivity index (χ3n) is 5.99. The second-order valence-electron chi connectivity index (χ2n) is 8.38. The van der Waals surface area contributed by atoms with Crippen LogP contribution in [0.2, 0.25) is 0 Å². The van der Waals surface area contributed by atoms with Crippen LogP contribution in [0.15, 0.2) is 72.8 Å². The Labute approximate surface area is 206 Å². The van der Waals surface area contributed by atoms with Crippen LogP contribution in [0, 0.1) is 13.8 Å². The van der Waals surface area contributed by atoms with Gasteiger partial charge in [-0.15, -0.1) is 0 Å². The molecule has 8 heteroatoms. The largest absolute Gasteiger partial charge is 0.488 e. The number of aromatic nitrogens is 1. The maximum Gasteiger partial charge on any atom is 0.416 e. The van der Waals surface area contributed by atoms with Gasteiger partial charge in [-0.25, -0.2) is 4.79 Å². The summed E-state index contributed by atoms with van der Waals surface area (Å²) in [6, 6.07) is 19.5. The number of hydrogen-bond donors (Lipinski definition) is 1. The predicted octanol–water partition coefficient (Wildman–Crippen LogP) is 6.73. The van der Waals surface area contributed by atoms with E-state index < -0.39 is 17.7 Å². The summed E-state index contributed by atoms with van der Waals surface area (Å²) >= 11 is 0. The van der Waals surface area contributed by atoms with Crippen molar-refractivity contribution < 1.29 is 27.4 Å². The van der Waals surface area contributed by atoms with E-state index in [-0.39, 0.29) is 17.7 Å². The van der Waals surface area contributed by atoms with E-state index in [2.05, 4.69) is 0 Å². The zero-order valence-electron chi connectivity index (χ0n) is 20.0. The quantitative estimate of drug-likeness (QED) is 0.238. The third-order valence-corrected chi connectivity index (χ3v) is 5.99. The van der Waals surface area contributed by atoms with E-state index in [9.17, 15) is 18.0 Å². The second-order valence-corrected chi connectivity index (χ2v) is 8.38. The first kappa shape index (κ1) is 24.9. The first-order chi connectivity index (χ1) is 17.1. The number of carbonyl (C=O) groups is 1. The lowest BCUT2D eigenvalue weighted by molar-refractivity contribution is -0.137. The Morgan fingerprint density at radius 1 is 0.972 bits per heavy atom. The topological polar surface area (TPSA) is 66.5 Å². The molecule has 0 fully saturated rings. The van der Waals surface area contributed by atoms with Gasteiger partial charge in [0.25, 0.3) is 0 Å². The monoisotopic (exact) mass is 494 g/mol. The third kappa shape index (κ3) is 4.93. The number of hydrogen-bond acceptors (Lipinski definition) is 4. The normalized spacial score (nSPS) is 11.4. The van der Waals surface area contributed by atoms with Gasteiger partial charge in [0.05, 0.1) is 23.9 Å². The van der Waals surface area contributed by atoms with E-state index in [0.29, 0.717) is 28.4 Å². The molecule has 2 N–H and O–H groups in total. The number of alkyl halides is 3. The average molecular weight is 495 g/mol. The minimum Gasteiger partial charge on any atom is -0.488 e. The molecule has 0 bridgehead atoms. The number of methoxy groups -OCH3 is 1. The van der Waals surface area contributed by atoms with Crippen molar-refractivity contribution in [3.63, 3.8) is 0 Å². The Kier molecular flexibility index (Phi) is 6.79. The molecule has 0 radical (unpaired) electrons. The molecule has 0 aliphatic rings. The van der Waals surface area contributed by atoms with E-state index in [1.165, 1.54) is 13.2 Å². The van der Waals surface area contributed by atoms with Gasteiger partial charge in [0.15, 0.2) is 0 Å². The summed E-state index contributed by atoms with van der Waals surface area (Å²) < 4.78 is 53.6. The number of benzene rings is 3. The number of esters is 1. The Hall–Kier alpha value is -4.20. The molecular formula is C28H25F3N2O3. The summed E-state index contributed by atoms with van der Waals surface area (Å²) in [7, 11) is 1.27. The number of anilines is 1. The number of nitrogen functional groups attached to an aromatic ring is 1. The maximum atomic E-state index is 13.7. The molecule has 1 aromatic heterocycles. The minimum atomic E-state index is -4.54. The summed E-state index contributed by atoms with van der Waals surface area (Å²) in [6.07, 6.45) is -4.54. The standard InChI is InChI=1S/C28H25F3N2O3/c1-17-9-11-25(33(17)21-14-22(27(34)35-3)18(2)24(32)15-21)23-13-20(28(29,30)31)10-12-26(23)36-16-19-7-5-4-6-8-19/h4-15H,16,32H2,1-3H3. The van der Waals surface area contributed by atoms with Crippen LogP contribution in [-0.2, 0) is 17.5 Å². The summed E-state index contributed by atoms with van der Waals surface area (Å²) in [5.41, 5.74) is 9.42. The molecule has 1 heterocycles. The highest BCUT2D eigenvalue weighted by Gasteiger charge is 2.32. The summed E-state index contributed by atoms with van der Waals surface area (Å²) in [5, 5.41) is 0. The number of ether oxygens (including phenoxy) is 2. The first-order valence-electron chi connectivity index (χ1n) is 11.2. The van der Waals surface area contributed by atoms with Gasteiger partial charge >= 0.3 is 12.1 Å². The summed E-state index contributed by atoms with van der Waals surface area (Å²) in [5.74, 6) is -0.266. The molecule has 0 spiro atoms. The zero-order valence-corrected chi connectivity index (χ0v) is 20.0. The van der Waals surface area contributed by atoms with Crippen LogP contribution in [0.25, 0.3) is 16.9 Å². The number of nitrogens with two attached hydrogens (primary N) is 1. The number of rotatable bonds is 6. The van der Waals surface area contributed by atoms with Crippen molar-refractivity contribution in [2.24, 2.45) is 0 Å². The van der Waals surface area contributed by atoms with Crippen LogP contribution in [0.4, 0.5) is 18.9 Å². The Morgan fingerprint density at radius 2 is 1.69 bits per heavy atom. The lowest BCUT2D eigenvalue weighted by Gasteiger charge is -2.19. The molecule has 4 rings (SSSR count). The molecule has 0 saturated carbocycles. The molecule has 3 aromatic carbocycles. The fourth-order valence-electron chi connectivity index (χ4n) is 4.03. The van der Waals surface area contributed by atoms with E-state index in [1.807, 2.05) is 37.3 Å². The van der Waals surface area contributed by atoms with Gasteiger partial charge in [-0.3, -0.25) is 0 Å². The van der Waals surface area contributed by atoms with Gasteiger partial charge in [-0.1, -0.05) is 30.3 Å². The molecule has 0 aliphatic carbocycles. The summed E-state index contributed by atoms with van der Waals surface area (Å²) in [6.45, 7) is 3.70. The van der Waals surface area contributed by atoms with Crippen molar-refractivity contribution in [1.82, 2.24) is 4.57 Å². The van der Waals surface area contributed by atoms with Crippen molar-refractivity contribution >= 4 is 11.7 Å². The van der Waals surface area contributed by atoms with Crippen LogP contribution in [-0.4, -0.2) is 17.6 Å². The van der Waals surface area contributed by atoms with Gasteiger partial charge < -0.3 is 19.8 Å². The number of carbonyl (C=O) groups excluding carboxylic acids is 1. The van der Waals surface area contributed by atoms with Crippen molar-refractivity contribution in [3.8, 4) is 22.7 Å².